The summed E-state index contributed by atoms with van der Waals surface area (Å²) < 4.78 is 0. The third kappa shape index (κ3) is 1.07. The minimum atomic E-state index is -0.167. The van der Waals surface area contributed by atoms with Crippen LogP contribution in [-0.4, -0.2) is 35.8 Å². The lowest BCUT2D eigenvalue weighted by Gasteiger charge is -2.38. The van der Waals surface area contributed by atoms with E-state index < -0.39 is 0 Å². The lowest BCUT2D eigenvalue weighted by Crippen LogP contribution is -2.58. The summed E-state index contributed by atoms with van der Waals surface area (Å²) >= 11 is 0. The summed E-state index contributed by atoms with van der Waals surface area (Å²) in [5.74, 6) is 0.162. The second kappa shape index (κ2) is 2.77. The first-order valence-corrected chi connectivity index (χ1v) is 4.36. The smallest absolute Gasteiger partial charge is 0.242 e. The lowest BCUT2D eigenvalue weighted by atomic mass is 9.99. The summed E-state index contributed by atoms with van der Waals surface area (Å²) in [5.41, 5.74) is 0. The molecule has 1 N–H and O–H groups in total. The second-order valence-electron chi connectivity index (χ2n) is 3.29. The number of piperidine rings is 1. The van der Waals surface area contributed by atoms with Crippen molar-refractivity contribution < 1.29 is 9.59 Å². The minimum Gasteiger partial charge on any atom is -0.353 e. The Kier molecular flexibility index (Phi) is 1.75. The molecule has 2 rings (SSSR count). The summed E-state index contributed by atoms with van der Waals surface area (Å²) in [6.45, 7) is 1.30. The van der Waals surface area contributed by atoms with Crippen LogP contribution < -0.4 is 5.32 Å². The number of rotatable bonds is 0. The van der Waals surface area contributed by atoms with Gasteiger partial charge in [-0.05, 0) is 12.8 Å². The fraction of sp³-hybridized carbons (Fsp3) is 0.750. The Balaban J connectivity index is 2.16. The van der Waals surface area contributed by atoms with E-state index in [1.807, 2.05) is 0 Å². The van der Waals surface area contributed by atoms with Gasteiger partial charge in [-0.2, -0.15) is 0 Å². The van der Waals surface area contributed by atoms with E-state index in [0.29, 0.717) is 19.5 Å². The van der Waals surface area contributed by atoms with E-state index >= 15 is 0 Å². The molecule has 0 aromatic carbocycles. The monoisotopic (exact) mass is 168 g/mol. The van der Waals surface area contributed by atoms with Crippen LogP contribution in [-0.2, 0) is 9.59 Å². The van der Waals surface area contributed by atoms with Gasteiger partial charge in [-0.1, -0.05) is 0 Å². The van der Waals surface area contributed by atoms with Crippen LogP contribution in [0.5, 0.6) is 0 Å². The van der Waals surface area contributed by atoms with Crippen LogP contribution in [0.1, 0.15) is 19.3 Å². The zero-order valence-electron chi connectivity index (χ0n) is 6.88. The van der Waals surface area contributed by atoms with E-state index in [4.69, 9.17) is 0 Å². The van der Waals surface area contributed by atoms with Crippen molar-refractivity contribution in [3.63, 3.8) is 0 Å². The van der Waals surface area contributed by atoms with E-state index in [2.05, 4.69) is 5.32 Å². The molecule has 66 valence electrons. The standard InChI is InChI=1S/C8H12N2O2/c11-7-3-1-2-6-8(12)9-4-5-10(6)7/h6H,1-5H2,(H,9,12). The molecule has 0 aromatic rings. The molecular formula is C8H12N2O2. The highest BCUT2D eigenvalue weighted by atomic mass is 16.2. The van der Waals surface area contributed by atoms with E-state index in [0.717, 1.165) is 12.8 Å². The molecule has 0 radical (unpaired) electrons. The van der Waals surface area contributed by atoms with Gasteiger partial charge >= 0.3 is 0 Å². The predicted molar refractivity (Wildman–Crippen MR) is 42.4 cm³/mol. The van der Waals surface area contributed by atoms with Crippen molar-refractivity contribution >= 4 is 11.8 Å². The molecule has 0 bridgehead atoms. The lowest BCUT2D eigenvalue weighted by molar-refractivity contribution is -0.146. The number of piperazine rings is 1. The molecule has 4 nitrogen and oxygen atoms in total. The van der Waals surface area contributed by atoms with E-state index in [1.54, 1.807) is 4.90 Å². The Hall–Kier alpha value is -1.06. The molecule has 2 heterocycles. The molecule has 2 aliphatic rings. The summed E-state index contributed by atoms with van der Waals surface area (Å²) in [6, 6.07) is -0.167. The topological polar surface area (TPSA) is 49.4 Å². The number of carbonyl (C=O) groups is 2. The maximum absolute atomic E-state index is 11.3. The van der Waals surface area contributed by atoms with Gasteiger partial charge in [-0.15, -0.1) is 0 Å². The number of amides is 2. The molecule has 2 saturated heterocycles. The number of carbonyl (C=O) groups excluding carboxylic acids is 2. The quantitative estimate of drug-likeness (QED) is 0.530. The molecule has 0 spiro atoms. The molecule has 4 heteroatoms. The average Bonchev–Trinajstić information content (AvgIpc) is 2.07. The van der Waals surface area contributed by atoms with Gasteiger partial charge in [0.25, 0.3) is 0 Å². The first-order valence-electron chi connectivity index (χ1n) is 4.36. The van der Waals surface area contributed by atoms with Crippen LogP contribution in [0.2, 0.25) is 0 Å². The molecule has 1 unspecified atom stereocenters. The van der Waals surface area contributed by atoms with Crippen molar-refractivity contribution in [2.24, 2.45) is 0 Å². The molecule has 0 saturated carbocycles. The zero-order valence-corrected chi connectivity index (χ0v) is 6.88. The molecular weight excluding hydrogens is 156 g/mol. The molecule has 1 atom stereocenters. The highest BCUT2D eigenvalue weighted by molar-refractivity contribution is 5.89. The Morgan fingerprint density at radius 2 is 2.25 bits per heavy atom. The van der Waals surface area contributed by atoms with Gasteiger partial charge in [0, 0.05) is 19.5 Å². The molecule has 0 aromatic heterocycles. The first-order chi connectivity index (χ1) is 5.79. The van der Waals surface area contributed by atoms with Gasteiger partial charge in [-0.3, -0.25) is 9.59 Å². The van der Waals surface area contributed by atoms with Crippen molar-refractivity contribution in [1.82, 2.24) is 10.2 Å². The van der Waals surface area contributed by atoms with Crippen LogP contribution in [0, 0.1) is 0 Å². The van der Waals surface area contributed by atoms with E-state index in [1.165, 1.54) is 0 Å². The van der Waals surface area contributed by atoms with Gasteiger partial charge in [-0.25, -0.2) is 0 Å². The molecule has 12 heavy (non-hydrogen) atoms. The van der Waals surface area contributed by atoms with Crippen LogP contribution in [0.15, 0.2) is 0 Å². The maximum atomic E-state index is 11.3. The number of nitrogens with one attached hydrogen (secondary N) is 1. The van der Waals surface area contributed by atoms with Crippen LogP contribution in [0.3, 0.4) is 0 Å². The summed E-state index contributed by atoms with van der Waals surface area (Å²) in [4.78, 5) is 24.3. The third-order valence-electron chi connectivity index (χ3n) is 2.52. The van der Waals surface area contributed by atoms with Crippen molar-refractivity contribution in [1.29, 1.82) is 0 Å². The SMILES string of the molecule is O=C1NCCN2C(=O)CCCC12. The fourth-order valence-corrected chi connectivity index (χ4v) is 1.89. The van der Waals surface area contributed by atoms with Gasteiger partial charge < -0.3 is 10.2 Å². The van der Waals surface area contributed by atoms with Gasteiger partial charge in [0.05, 0.1) is 0 Å². The van der Waals surface area contributed by atoms with Crippen molar-refractivity contribution in [2.45, 2.75) is 25.3 Å². The molecule has 2 aliphatic heterocycles. The number of hydrogen-bond acceptors (Lipinski definition) is 2. The normalized spacial score (nSPS) is 29.7. The van der Waals surface area contributed by atoms with Crippen molar-refractivity contribution in [2.75, 3.05) is 13.1 Å². The third-order valence-corrected chi connectivity index (χ3v) is 2.52. The predicted octanol–water partition coefficient (Wildman–Crippen LogP) is -0.503. The van der Waals surface area contributed by atoms with Crippen molar-refractivity contribution in [3.8, 4) is 0 Å². The first kappa shape index (κ1) is 7.58. The summed E-state index contributed by atoms with van der Waals surface area (Å²) in [5, 5.41) is 2.77. The molecule has 0 aliphatic carbocycles. The highest BCUT2D eigenvalue weighted by Gasteiger charge is 2.35. The number of nitrogens with zero attached hydrogens (tertiary/aromatic N) is 1. The Bertz CT molecular complexity index is 203. The van der Waals surface area contributed by atoms with E-state index in [9.17, 15) is 9.59 Å². The average molecular weight is 168 g/mol. The van der Waals surface area contributed by atoms with Gasteiger partial charge in [0.2, 0.25) is 11.8 Å². The Morgan fingerprint density at radius 1 is 1.42 bits per heavy atom. The minimum absolute atomic E-state index is 0.0225. The molecule has 2 amide bonds. The summed E-state index contributed by atoms with van der Waals surface area (Å²) in [7, 11) is 0. The maximum Gasteiger partial charge on any atom is 0.242 e. The Labute approximate surface area is 70.9 Å². The van der Waals surface area contributed by atoms with Crippen LogP contribution >= 0.6 is 0 Å². The fourth-order valence-electron chi connectivity index (χ4n) is 1.89. The van der Waals surface area contributed by atoms with Crippen molar-refractivity contribution in [3.05, 3.63) is 0 Å². The Morgan fingerprint density at radius 3 is 3.00 bits per heavy atom. The number of fused-ring (bicyclic) bond motifs is 1. The van der Waals surface area contributed by atoms with Gasteiger partial charge in [0.1, 0.15) is 6.04 Å². The largest absolute Gasteiger partial charge is 0.353 e. The van der Waals surface area contributed by atoms with Crippen LogP contribution in [0.4, 0.5) is 0 Å². The molecule has 2 fully saturated rings. The van der Waals surface area contributed by atoms with Crippen LogP contribution in [0.25, 0.3) is 0 Å². The number of hydrogen-bond donors (Lipinski definition) is 1. The summed E-state index contributed by atoms with van der Waals surface area (Å²) in [6.07, 6.45) is 2.30. The zero-order chi connectivity index (χ0) is 8.55. The van der Waals surface area contributed by atoms with Gasteiger partial charge in [0.15, 0.2) is 0 Å². The van der Waals surface area contributed by atoms with E-state index in [-0.39, 0.29) is 17.9 Å². The highest BCUT2D eigenvalue weighted by Crippen LogP contribution is 2.19. The second-order valence-corrected chi connectivity index (χ2v) is 3.29.